The van der Waals surface area contributed by atoms with Gasteiger partial charge in [-0.15, -0.1) is 0 Å². The minimum absolute atomic E-state index is 0.0531. The Labute approximate surface area is 160 Å². The lowest BCUT2D eigenvalue weighted by molar-refractivity contribution is -0.0628. The van der Waals surface area contributed by atoms with Gasteiger partial charge in [0.05, 0.1) is 5.60 Å². The maximum Gasteiger partial charge on any atom is 0.123 e. The number of benzene rings is 2. The Morgan fingerprint density at radius 2 is 1.73 bits per heavy atom. The Kier molecular flexibility index (Phi) is 6.33. The summed E-state index contributed by atoms with van der Waals surface area (Å²) >= 11 is 6.04. The van der Waals surface area contributed by atoms with Crippen LogP contribution in [0.25, 0.3) is 0 Å². The van der Waals surface area contributed by atoms with Crippen molar-refractivity contribution in [3.8, 4) is 0 Å². The van der Waals surface area contributed by atoms with Crippen molar-refractivity contribution < 1.29 is 9.13 Å². The van der Waals surface area contributed by atoms with Crippen molar-refractivity contribution in [3.63, 3.8) is 0 Å². The molecule has 2 nitrogen and oxygen atoms in total. The van der Waals surface area contributed by atoms with Crippen molar-refractivity contribution >= 4 is 11.6 Å². The lowest BCUT2D eigenvalue weighted by Crippen LogP contribution is -2.44. The molecule has 3 rings (SSSR count). The van der Waals surface area contributed by atoms with Crippen molar-refractivity contribution in [1.29, 1.82) is 0 Å². The van der Waals surface area contributed by atoms with E-state index in [0.717, 1.165) is 43.0 Å². The highest BCUT2D eigenvalue weighted by Gasteiger charge is 2.28. The van der Waals surface area contributed by atoms with Crippen LogP contribution in [0, 0.1) is 5.82 Å². The summed E-state index contributed by atoms with van der Waals surface area (Å²) in [4.78, 5) is 0. The predicted molar refractivity (Wildman–Crippen MR) is 105 cm³/mol. The molecule has 0 aromatic heterocycles. The molecule has 2 aromatic rings. The molecule has 0 radical (unpaired) electrons. The van der Waals surface area contributed by atoms with Crippen LogP contribution in [0.4, 0.5) is 4.39 Å². The van der Waals surface area contributed by atoms with Crippen molar-refractivity contribution in [3.05, 3.63) is 70.5 Å². The van der Waals surface area contributed by atoms with E-state index in [4.69, 9.17) is 16.3 Å². The number of halogens is 2. The van der Waals surface area contributed by atoms with E-state index >= 15 is 0 Å². The molecule has 2 aromatic carbocycles. The molecule has 0 spiro atoms. The average molecular weight is 376 g/mol. The van der Waals surface area contributed by atoms with Crippen molar-refractivity contribution in [2.24, 2.45) is 0 Å². The van der Waals surface area contributed by atoms with Gasteiger partial charge >= 0.3 is 0 Å². The van der Waals surface area contributed by atoms with Gasteiger partial charge in [-0.05, 0) is 75.0 Å². The molecular formula is C22H27ClFNO. The summed E-state index contributed by atoms with van der Waals surface area (Å²) in [5.74, 6) is 0.0133. The molecule has 2 atom stereocenters. The third kappa shape index (κ3) is 5.29. The first-order valence-electron chi connectivity index (χ1n) is 9.31. The van der Waals surface area contributed by atoms with Crippen molar-refractivity contribution in [2.75, 3.05) is 13.2 Å². The lowest BCUT2D eigenvalue weighted by Gasteiger charge is -2.36. The van der Waals surface area contributed by atoms with Crippen LogP contribution in [0.15, 0.2) is 48.5 Å². The summed E-state index contributed by atoms with van der Waals surface area (Å²) in [7, 11) is 0. The van der Waals surface area contributed by atoms with E-state index in [1.54, 1.807) is 0 Å². The SMILES string of the molecule is CC1(C)C[C@H](NCC[C@@H](c2ccc(F)cc2)c2ccc(Cl)cc2)CCO1. The fourth-order valence-corrected chi connectivity index (χ4v) is 3.88. The summed E-state index contributed by atoms with van der Waals surface area (Å²) in [6.45, 7) is 6.01. The Hall–Kier alpha value is -1.42. The number of nitrogens with one attached hydrogen (secondary N) is 1. The molecule has 1 N–H and O–H groups in total. The fourth-order valence-electron chi connectivity index (χ4n) is 3.75. The second kappa shape index (κ2) is 8.51. The first-order chi connectivity index (χ1) is 12.4. The van der Waals surface area contributed by atoms with Crippen LogP contribution >= 0.6 is 11.6 Å². The molecule has 0 saturated carbocycles. The Morgan fingerprint density at radius 1 is 1.12 bits per heavy atom. The molecule has 1 heterocycles. The monoisotopic (exact) mass is 375 g/mol. The van der Waals surface area contributed by atoms with Crippen LogP contribution in [-0.2, 0) is 4.74 Å². The van der Waals surface area contributed by atoms with E-state index < -0.39 is 0 Å². The van der Waals surface area contributed by atoms with Gasteiger partial charge in [-0.3, -0.25) is 0 Å². The summed E-state index contributed by atoms with van der Waals surface area (Å²) < 4.78 is 19.1. The first-order valence-corrected chi connectivity index (χ1v) is 9.69. The van der Waals surface area contributed by atoms with Gasteiger partial charge < -0.3 is 10.1 Å². The van der Waals surface area contributed by atoms with E-state index in [1.165, 1.54) is 17.7 Å². The maximum atomic E-state index is 13.3. The Morgan fingerprint density at radius 3 is 2.35 bits per heavy atom. The largest absolute Gasteiger partial charge is 0.375 e. The third-order valence-electron chi connectivity index (χ3n) is 5.11. The average Bonchev–Trinajstić information content (AvgIpc) is 2.60. The van der Waals surface area contributed by atoms with E-state index in [2.05, 4.69) is 31.3 Å². The highest BCUT2D eigenvalue weighted by atomic mass is 35.5. The van der Waals surface area contributed by atoms with Gasteiger partial charge in [0, 0.05) is 23.6 Å². The van der Waals surface area contributed by atoms with E-state index in [9.17, 15) is 4.39 Å². The van der Waals surface area contributed by atoms with Gasteiger partial charge in [-0.1, -0.05) is 35.9 Å². The summed E-state index contributed by atoms with van der Waals surface area (Å²) in [5, 5.41) is 4.42. The summed E-state index contributed by atoms with van der Waals surface area (Å²) in [6.07, 6.45) is 3.02. The van der Waals surface area contributed by atoms with E-state index in [-0.39, 0.29) is 17.3 Å². The van der Waals surface area contributed by atoms with E-state index in [1.807, 2.05) is 24.3 Å². The van der Waals surface area contributed by atoms with Crippen LogP contribution in [0.5, 0.6) is 0 Å². The van der Waals surface area contributed by atoms with Crippen LogP contribution in [0.1, 0.15) is 50.2 Å². The van der Waals surface area contributed by atoms with Crippen molar-refractivity contribution in [2.45, 2.75) is 50.7 Å². The summed E-state index contributed by atoms with van der Waals surface area (Å²) in [5.41, 5.74) is 2.28. The molecule has 0 bridgehead atoms. The minimum Gasteiger partial charge on any atom is -0.375 e. The number of hydrogen-bond donors (Lipinski definition) is 1. The van der Waals surface area contributed by atoms with Gasteiger partial charge in [0.25, 0.3) is 0 Å². The zero-order chi connectivity index (χ0) is 18.6. The topological polar surface area (TPSA) is 21.3 Å². The highest BCUT2D eigenvalue weighted by Crippen LogP contribution is 2.29. The smallest absolute Gasteiger partial charge is 0.123 e. The van der Waals surface area contributed by atoms with E-state index in [0.29, 0.717) is 6.04 Å². The number of hydrogen-bond acceptors (Lipinski definition) is 2. The molecule has 26 heavy (non-hydrogen) atoms. The maximum absolute atomic E-state index is 13.3. The van der Waals surface area contributed by atoms with Gasteiger partial charge in [0.15, 0.2) is 0 Å². The van der Waals surface area contributed by atoms with Gasteiger partial charge in [0.1, 0.15) is 5.82 Å². The molecule has 1 saturated heterocycles. The molecule has 4 heteroatoms. The molecule has 140 valence electrons. The van der Waals surface area contributed by atoms with Crippen LogP contribution < -0.4 is 5.32 Å². The molecule has 1 aliphatic heterocycles. The lowest BCUT2D eigenvalue weighted by atomic mass is 9.88. The Bertz CT molecular complexity index is 654. The molecular weight excluding hydrogens is 349 g/mol. The highest BCUT2D eigenvalue weighted by molar-refractivity contribution is 6.30. The van der Waals surface area contributed by atoms with Gasteiger partial charge in [-0.2, -0.15) is 0 Å². The standard InChI is InChI=1S/C22H27ClFNO/c1-22(2)15-20(12-14-26-22)25-13-11-21(16-3-7-18(23)8-4-16)17-5-9-19(24)10-6-17/h3-10,20-21,25H,11-15H2,1-2H3/t20-,21-/m1/s1. The molecule has 0 amide bonds. The zero-order valence-electron chi connectivity index (χ0n) is 15.5. The van der Waals surface area contributed by atoms with Crippen LogP contribution in [0.3, 0.4) is 0 Å². The normalized spacial score (nSPS) is 20.7. The molecule has 1 fully saturated rings. The quantitative estimate of drug-likeness (QED) is 0.714. The van der Waals surface area contributed by atoms with Gasteiger partial charge in [-0.25, -0.2) is 4.39 Å². The Balaban J connectivity index is 1.68. The molecule has 0 aliphatic carbocycles. The molecule has 1 aliphatic rings. The molecule has 0 unspecified atom stereocenters. The predicted octanol–water partition coefficient (Wildman–Crippen LogP) is 5.55. The third-order valence-corrected chi connectivity index (χ3v) is 5.36. The zero-order valence-corrected chi connectivity index (χ0v) is 16.2. The number of ether oxygens (including phenoxy) is 1. The number of rotatable bonds is 6. The second-order valence-electron chi connectivity index (χ2n) is 7.70. The first kappa shape index (κ1) is 19.3. The van der Waals surface area contributed by atoms with Crippen molar-refractivity contribution in [1.82, 2.24) is 5.32 Å². The minimum atomic E-state index is -0.203. The fraction of sp³-hybridized carbons (Fsp3) is 0.455. The van der Waals surface area contributed by atoms with Gasteiger partial charge in [0.2, 0.25) is 0 Å². The second-order valence-corrected chi connectivity index (χ2v) is 8.13. The summed E-state index contributed by atoms with van der Waals surface area (Å²) in [6, 6.07) is 15.3. The van der Waals surface area contributed by atoms with Crippen LogP contribution in [-0.4, -0.2) is 24.8 Å². The van der Waals surface area contributed by atoms with Crippen LogP contribution in [0.2, 0.25) is 5.02 Å².